The summed E-state index contributed by atoms with van der Waals surface area (Å²) in [4.78, 5) is 31.1. The monoisotopic (exact) mass is 587 g/mol. The zero-order valence-corrected chi connectivity index (χ0v) is 24.2. The van der Waals surface area contributed by atoms with Gasteiger partial charge in [0.25, 0.3) is 5.91 Å². The topological polar surface area (TPSA) is 74.4 Å². The van der Waals surface area contributed by atoms with Gasteiger partial charge in [0.15, 0.2) is 11.5 Å². The third-order valence-corrected chi connectivity index (χ3v) is 7.95. The van der Waals surface area contributed by atoms with Crippen molar-refractivity contribution in [2.45, 2.75) is 25.4 Å². The first-order chi connectivity index (χ1) is 19.9. The SMILES string of the molecule is COC(=CC=Cc1cc2cc(Cl)c(Cl)cc2[nH]1)C(=O)NC1CCN(Cc2ccc(C(=O)c3ccccc3)cc2)CC1. The number of ether oxygens (including phenoxy) is 1. The first kappa shape index (κ1) is 28.7. The predicted octanol–water partition coefficient (Wildman–Crippen LogP) is 7.03. The van der Waals surface area contributed by atoms with E-state index in [1.807, 2.05) is 72.8 Å². The van der Waals surface area contributed by atoms with Crippen LogP contribution < -0.4 is 5.32 Å². The lowest BCUT2D eigenvalue weighted by molar-refractivity contribution is -0.121. The number of nitrogens with one attached hydrogen (secondary N) is 2. The number of rotatable bonds is 9. The zero-order chi connectivity index (χ0) is 28.8. The molecular formula is C33H31Cl2N3O3. The van der Waals surface area contributed by atoms with Gasteiger partial charge in [0.1, 0.15) is 0 Å². The number of ketones is 1. The molecule has 0 unspecified atom stereocenters. The predicted molar refractivity (Wildman–Crippen MR) is 165 cm³/mol. The van der Waals surface area contributed by atoms with Crippen molar-refractivity contribution in [3.63, 3.8) is 0 Å². The second-order valence-electron chi connectivity index (χ2n) is 10.1. The van der Waals surface area contributed by atoms with E-state index in [2.05, 4.69) is 15.2 Å². The third kappa shape index (κ3) is 7.27. The molecular weight excluding hydrogens is 557 g/mol. The van der Waals surface area contributed by atoms with Crippen LogP contribution in [0, 0.1) is 0 Å². The van der Waals surface area contributed by atoms with Gasteiger partial charge >= 0.3 is 0 Å². The molecule has 2 heterocycles. The van der Waals surface area contributed by atoms with Crippen molar-refractivity contribution in [1.82, 2.24) is 15.2 Å². The number of piperidine rings is 1. The van der Waals surface area contributed by atoms with Crippen LogP contribution in [0.25, 0.3) is 17.0 Å². The number of halogens is 2. The lowest BCUT2D eigenvalue weighted by atomic mass is 10.0. The number of aromatic amines is 1. The number of amides is 1. The summed E-state index contributed by atoms with van der Waals surface area (Å²) in [5.41, 5.74) is 4.28. The number of carbonyl (C=O) groups is 2. The average molecular weight is 589 g/mol. The number of fused-ring (bicyclic) bond motifs is 1. The maximum Gasteiger partial charge on any atom is 0.286 e. The molecule has 0 bridgehead atoms. The van der Waals surface area contributed by atoms with Gasteiger partial charge in [-0.05, 0) is 48.8 Å². The van der Waals surface area contributed by atoms with E-state index < -0.39 is 0 Å². The Morgan fingerprint density at radius 2 is 1.66 bits per heavy atom. The van der Waals surface area contributed by atoms with Crippen LogP contribution in [0.15, 0.2) is 90.7 Å². The van der Waals surface area contributed by atoms with Gasteiger partial charge in [0, 0.05) is 53.4 Å². The van der Waals surface area contributed by atoms with Crippen molar-refractivity contribution in [2.24, 2.45) is 0 Å². The fraction of sp³-hybridized carbons (Fsp3) is 0.212. The summed E-state index contributed by atoms with van der Waals surface area (Å²) in [6.07, 6.45) is 6.99. The van der Waals surface area contributed by atoms with E-state index in [4.69, 9.17) is 27.9 Å². The van der Waals surface area contributed by atoms with Crippen molar-refractivity contribution >= 4 is 51.9 Å². The maximum absolute atomic E-state index is 12.8. The minimum atomic E-state index is -0.232. The number of likely N-dealkylation sites (tertiary alicyclic amines) is 1. The highest BCUT2D eigenvalue weighted by Crippen LogP contribution is 2.28. The summed E-state index contributed by atoms with van der Waals surface area (Å²) in [5.74, 6) is 0.0442. The highest BCUT2D eigenvalue weighted by atomic mass is 35.5. The molecule has 2 N–H and O–H groups in total. The van der Waals surface area contributed by atoms with Crippen molar-refractivity contribution in [2.75, 3.05) is 20.2 Å². The molecule has 1 aliphatic heterocycles. The second kappa shape index (κ2) is 13.2. The van der Waals surface area contributed by atoms with Crippen LogP contribution in [0.2, 0.25) is 10.0 Å². The van der Waals surface area contributed by atoms with Gasteiger partial charge in [0.2, 0.25) is 0 Å². The van der Waals surface area contributed by atoms with Crippen LogP contribution >= 0.6 is 23.2 Å². The summed E-state index contributed by atoms with van der Waals surface area (Å²) in [6.45, 7) is 2.55. The van der Waals surface area contributed by atoms with Crippen molar-refractivity contribution < 1.29 is 14.3 Å². The molecule has 1 saturated heterocycles. The molecule has 0 atom stereocenters. The molecule has 4 aromatic rings. The van der Waals surface area contributed by atoms with Gasteiger partial charge in [-0.15, -0.1) is 0 Å². The molecule has 0 saturated carbocycles. The van der Waals surface area contributed by atoms with E-state index in [0.29, 0.717) is 21.2 Å². The number of allylic oxidation sites excluding steroid dienone is 2. The summed E-state index contributed by atoms with van der Waals surface area (Å²) >= 11 is 12.2. The van der Waals surface area contributed by atoms with Crippen molar-refractivity contribution in [3.05, 3.63) is 123 Å². The van der Waals surface area contributed by atoms with Crippen LogP contribution in [0.3, 0.4) is 0 Å². The summed E-state index contributed by atoms with van der Waals surface area (Å²) in [7, 11) is 1.49. The number of H-pyrrole nitrogens is 1. The van der Waals surface area contributed by atoms with Crippen LogP contribution in [-0.4, -0.2) is 47.8 Å². The van der Waals surface area contributed by atoms with E-state index in [-0.39, 0.29) is 23.5 Å². The third-order valence-electron chi connectivity index (χ3n) is 7.23. The molecule has 1 aromatic heterocycles. The number of hydrogen-bond acceptors (Lipinski definition) is 4. The van der Waals surface area contributed by atoms with E-state index in [0.717, 1.165) is 54.6 Å². The molecule has 0 radical (unpaired) electrons. The number of hydrogen-bond donors (Lipinski definition) is 2. The Morgan fingerprint density at radius 3 is 2.37 bits per heavy atom. The molecule has 6 nitrogen and oxygen atoms in total. The molecule has 1 fully saturated rings. The molecule has 41 heavy (non-hydrogen) atoms. The lowest BCUT2D eigenvalue weighted by Crippen LogP contribution is -2.44. The zero-order valence-electron chi connectivity index (χ0n) is 22.7. The highest BCUT2D eigenvalue weighted by Gasteiger charge is 2.22. The Hall–Kier alpha value is -3.84. The summed E-state index contributed by atoms with van der Waals surface area (Å²) in [5, 5.41) is 5.05. The van der Waals surface area contributed by atoms with E-state index in [1.54, 1.807) is 18.2 Å². The molecule has 210 valence electrons. The van der Waals surface area contributed by atoms with E-state index in [1.165, 1.54) is 7.11 Å². The van der Waals surface area contributed by atoms with Crippen LogP contribution in [0.5, 0.6) is 0 Å². The fourth-order valence-corrected chi connectivity index (χ4v) is 5.32. The Labute approximate surface area is 249 Å². The number of nitrogens with zero attached hydrogens (tertiary/aromatic N) is 1. The molecule has 3 aromatic carbocycles. The highest BCUT2D eigenvalue weighted by molar-refractivity contribution is 6.42. The van der Waals surface area contributed by atoms with Crippen LogP contribution in [-0.2, 0) is 16.1 Å². The van der Waals surface area contributed by atoms with Gasteiger partial charge in [-0.1, -0.05) is 83.9 Å². The second-order valence-corrected chi connectivity index (χ2v) is 10.9. The first-order valence-corrected chi connectivity index (χ1v) is 14.3. The number of aromatic nitrogens is 1. The molecule has 1 amide bonds. The average Bonchev–Trinajstić information content (AvgIpc) is 3.38. The van der Waals surface area contributed by atoms with E-state index >= 15 is 0 Å². The minimum absolute atomic E-state index is 0.0299. The molecule has 8 heteroatoms. The molecule has 1 aliphatic rings. The minimum Gasteiger partial charge on any atom is -0.491 e. The summed E-state index contributed by atoms with van der Waals surface area (Å²) < 4.78 is 5.36. The largest absolute Gasteiger partial charge is 0.491 e. The molecule has 5 rings (SSSR count). The Morgan fingerprint density at radius 1 is 0.976 bits per heavy atom. The normalized spacial score (nSPS) is 15.0. The van der Waals surface area contributed by atoms with Gasteiger partial charge < -0.3 is 15.0 Å². The Balaban J connectivity index is 1.10. The molecule has 0 spiro atoms. The van der Waals surface area contributed by atoms with Gasteiger partial charge in [0.05, 0.1) is 17.2 Å². The lowest BCUT2D eigenvalue weighted by Gasteiger charge is -2.32. The van der Waals surface area contributed by atoms with E-state index in [9.17, 15) is 9.59 Å². The van der Waals surface area contributed by atoms with Gasteiger partial charge in [-0.3, -0.25) is 14.5 Å². The fourth-order valence-electron chi connectivity index (χ4n) is 4.98. The number of carbonyl (C=O) groups excluding carboxylic acids is 2. The first-order valence-electron chi connectivity index (χ1n) is 13.5. The Kier molecular flexibility index (Phi) is 9.24. The Bertz CT molecular complexity index is 1550. The smallest absolute Gasteiger partial charge is 0.286 e. The standard InChI is InChI=1S/C33H31Cl2N3O3/c1-41-31(9-5-8-27-18-25-19-28(34)29(35)20-30(25)36-27)33(40)37-26-14-16-38(17-15-26)21-22-10-12-24(13-11-22)32(39)23-6-3-2-4-7-23/h2-13,18-20,26,36H,14-17,21H2,1H3,(H,37,40). The van der Waals surface area contributed by atoms with Crippen LogP contribution in [0.4, 0.5) is 0 Å². The maximum atomic E-state index is 12.8. The van der Waals surface area contributed by atoms with Crippen LogP contribution in [0.1, 0.15) is 40.0 Å². The number of methoxy groups -OCH3 is 1. The summed E-state index contributed by atoms with van der Waals surface area (Å²) in [6, 6.07) is 22.8. The molecule has 0 aliphatic carbocycles. The number of benzene rings is 3. The van der Waals surface area contributed by atoms with Crippen molar-refractivity contribution in [1.29, 1.82) is 0 Å². The van der Waals surface area contributed by atoms with Crippen molar-refractivity contribution in [3.8, 4) is 0 Å². The van der Waals surface area contributed by atoms with Gasteiger partial charge in [-0.2, -0.15) is 0 Å². The quantitative estimate of drug-likeness (QED) is 0.0953. The van der Waals surface area contributed by atoms with Gasteiger partial charge in [-0.25, -0.2) is 0 Å².